The summed E-state index contributed by atoms with van der Waals surface area (Å²) in [6.07, 6.45) is 1.94. The number of rotatable bonds is 5. The van der Waals surface area contributed by atoms with Gasteiger partial charge in [-0.2, -0.15) is 5.10 Å². The molecule has 0 saturated carbocycles. The van der Waals surface area contributed by atoms with E-state index in [2.05, 4.69) is 15.7 Å². The third kappa shape index (κ3) is 4.80. The number of piperidine rings is 1. The highest BCUT2D eigenvalue weighted by Gasteiger charge is 2.18. The van der Waals surface area contributed by atoms with Gasteiger partial charge < -0.3 is 10.6 Å². The third-order valence-corrected chi connectivity index (χ3v) is 4.66. The average Bonchev–Trinajstić information content (AvgIpc) is 2.63. The maximum atomic E-state index is 13.6. The minimum Gasteiger partial charge on any atom is -0.350 e. The van der Waals surface area contributed by atoms with Crippen LogP contribution in [0.1, 0.15) is 38.3 Å². The van der Waals surface area contributed by atoms with Gasteiger partial charge in [-0.1, -0.05) is 26.0 Å². The Labute approximate surface area is 157 Å². The molecular weight excluding hydrogens is 347 g/mol. The molecule has 1 unspecified atom stereocenters. The molecule has 3 rings (SSSR count). The zero-order chi connectivity index (χ0) is 19.4. The molecule has 1 fully saturated rings. The third-order valence-electron chi connectivity index (χ3n) is 4.66. The zero-order valence-corrected chi connectivity index (χ0v) is 15.7. The Balaban J connectivity index is 1.85. The van der Waals surface area contributed by atoms with Gasteiger partial charge >= 0.3 is 0 Å². The van der Waals surface area contributed by atoms with E-state index >= 15 is 0 Å². The van der Waals surface area contributed by atoms with E-state index in [1.807, 2.05) is 13.8 Å². The fraction of sp³-hybridized carbons (Fsp3) is 0.450. The molecular formula is C20H25FN4O2. The lowest BCUT2D eigenvalue weighted by molar-refractivity contribution is -0.122. The fourth-order valence-electron chi connectivity index (χ4n) is 3.32. The van der Waals surface area contributed by atoms with Crippen LogP contribution in [0.15, 0.2) is 35.1 Å². The van der Waals surface area contributed by atoms with E-state index in [0.717, 1.165) is 25.9 Å². The summed E-state index contributed by atoms with van der Waals surface area (Å²) < 4.78 is 14.8. The Morgan fingerprint density at radius 2 is 2.22 bits per heavy atom. The monoisotopic (exact) mass is 372 g/mol. The molecule has 0 bridgehead atoms. The standard InChI is InChI=1S/C20H25FN4O2/c1-13(2)20-17(14-5-3-6-15(21)9-14)10-19(27)25(24-20)12-18(26)23-16-7-4-8-22-11-16/h3,5-6,9-10,13,16,22H,4,7-8,11-12H2,1-2H3,(H,23,26). The van der Waals surface area contributed by atoms with Gasteiger partial charge in [-0.15, -0.1) is 0 Å². The van der Waals surface area contributed by atoms with E-state index in [1.165, 1.54) is 22.9 Å². The largest absolute Gasteiger partial charge is 0.350 e. The summed E-state index contributed by atoms with van der Waals surface area (Å²) >= 11 is 0. The summed E-state index contributed by atoms with van der Waals surface area (Å²) in [6.45, 7) is 5.48. The normalized spacial score (nSPS) is 17.1. The maximum absolute atomic E-state index is 13.6. The predicted octanol–water partition coefficient (Wildman–Crippen LogP) is 2.04. The number of aromatic nitrogens is 2. The van der Waals surface area contributed by atoms with Crippen molar-refractivity contribution in [2.75, 3.05) is 13.1 Å². The minimum absolute atomic E-state index is 0.0146. The number of hydrogen-bond donors (Lipinski definition) is 2. The van der Waals surface area contributed by atoms with E-state index in [1.54, 1.807) is 12.1 Å². The Bertz CT molecular complexity index is 873. The van der Waals surface area contributed by atoms with Gasteiger partial charge in [0.1, 0.15) is 12.4 Å². The Hall–Kier alpha value is -2.54. The number of halogens is 1. The van der Waals surface area contributed by atoms with Crippen LogP contribution in [0, 0.1) is 5.82 Å². The molecule has 2 heterocycles. The highest BCUT2D eigenvalue weighted by molar-refractivity contribution is 5.76. The lowest BCUT2D eigenvalue weighted by Gasteiger charge is -2.24. The second kappa shape index (κ2) is 8.43. The van der Waals surface area contributed by atoms with Crippen molar-refractivity contribution in [3.63, 3.8) is 0 Å². The summed E-state index contributed by atoms with van der Waals surface area (Å²) in [5.74, 6) is -0.584. The predicted molar refractivity (Wildman–Crippen MR) is 102 cm³/mol. The number of benzene rings is 1. The second-order valence-electron chi connectivity index (χ2n) is 7.21. The molecule has 1 atom stereocenters. The van der Waals surface area contributed by atoms with Crippen LogP contribution < -0.4 is 16.2 Å². The number of hydrogen-bond acceptors (Lipinski definition) is 4. The van der Waals surface area contributed by atoms with Gasteiger partial charge in [0.15, 0.2) is 0 Å². The van der Waals surface area contributed by atoms with E-state index in [-0.39, 0.29) is 35.8 Å². The van der Waals surface area contributed by atoms with E-state index < -0.39 is 0 Å². The Morgan fingerprint density at radius 3 is 2.89 bits per heavy atom. The van der Waals surface area contributed by atoms with Gasteiger partial charge in [-0.3, -0.25) is 9.59 Å². The van der Waals surface area contributed by atoms with Gasteiger partial charge in [0.2, 0.25) is 5.91 Å². The second-order valence-corrected chi connectivity index (χ2v) is 7.21. The van der Waals surface area contributed by atoms with Gasteiger partial charge in [0.25, 0.3) is 5.56 Å². The molecule has 7 heteroatoms. The fourth-order valence-corrected chi connectivity index (χ4v) is 3.32. The maximum Gasteiger partial charge on any atom is 0.267 e. The molecule has 1 aliphatic rings. The summed E-state index contributed by atoms with van der Waals surface area (Å²) in [7, 11) is 0. The van der Waals surface area contributed by atoms with E-state index in [4.69, 9.17) is 0 Å². The molecule has 2 N–H and O–H groups in total. The lowest BCUT2D eigenvalue weighted by atomic mass is 9.98. The molecule has 1 aromatic carbocycles. The average molecular weight is 372 g/mol. The lowest BCUT2D eigenvalue weighted by Crippen LogP contribution is -2.47. The van der Waals surface area contributed by atoms with Crippen molar-refractivity contribution in [3.05, 3.63) is 52.2 Å². The van der Waals surface area contributed by atoms with Crippen molar-refractivity contribution in [2.24, 2.45) is 0 Å². The molecule has 0 radical (unpaired) electrons. The Kier molecular flexibility index (Phi) is 6.01. The first kappa shape index (κ1) is 19.2. The number of nitrogens with one attached hydrogen (secondary N) is 2. The van der Waals surface area contributed by atoms with Crippen molar-refractivity contribution in [1.29, 1.82) is 0 Å². The van der Waals surface area contributed by atoms with Crippen LogP contribution in [-0.4, -0.2) is 34.8 Å². The highest BCUT2D eigenvalue weighted by Crippen LogP contribution is 2.26. The van der Waals surface area contributed by atoms with Crippen LogP contribution in [-0.2, 0) is 11.3 Å². The van der Waals surface area contributed by atoms with Gasteiger partial charge in [-0.05, 0) is 43.0 Å². The minimum atomic E-state index is -0.379. The van der Waals surface area contributed by atoms with Crippen LogP contribution in [0.25, 0.3) is 11.1 Å². The summed E-state index contributed by atoms with van der Waals surface area (Å²) in [5, 5.41) is 10.6. The molecule has 1 amide bonds. The van der Waals surface area contributed by atoms with Crippen LogP contribution in [0.2, 0.25) is 0 Å². The number of carbonyl (C=O) groups excluding carboxylic acids is 1. The van der Waals surface area contributed by atoms with Gasteiger partial charge in [0, 0.05) is 24.2 Å². The first-order valence-corrected chi connectivity index (χ1v) is 9.32. The van der Waals surface area contributed by atoms with Crippen LogP contribution in [0.3, 0.4) is 0 Å². The summed E-state index contributed by atoms with van der Waals surface area (Å²) in [5.41, 5.74) is 1.48. The van der Waals surface area contributed by atoms with Crippen LogP contribution in [0.4, 0.5) is 4.39 Å². The molecule has 1 aliphatic heterocycles. The number of nitrogens with zero attached hydrogens (tertiary/aromatic N) is 2. The highest BCUT2D eigenvalue weighted by atomic mass is 19.1. The molecule has 27 heavy (non-hydrogen) atoms. The van der Waals surface area contributed by atoms with E-state index in [9.17, 15) is 14.0 Å². The first-order chi connectivity index (χ1) is 12.9. The number of carbonyl (C=O) groups is 1. The van der Waals surface area contributed by atoms with Crippen LogP contribution >= 0.6 is 0 Å². The molecule has 2 aromatic rings. The van der Waals surface area contributed by atoms with Crippen LogP contribution in [0.5, 0.6) is 0 Å². The SMILES string of the molecule is CC(C)c1nn(CC(=O)NC2CCCNC2)c(=O)cc1-c1cccc(F)c1. The smallest absolute Gasteiger partial charge is 0.267 e. The molecule has 1 aromatic heterocycles. The summed E-state index contributed by atoms with van der Waals surface area (Å²) in [6, 6.07) is 7.61. The molecule has 6 nitrogen and oxygen atoms in total. The van der Waals surface area contributed by atoms with Gasteiger partial charge in [0.05, 0.1) is 5.69 Å². The topological polar surface area (TPSA) is 76.0 Å². The first-order valence-electron chi connectivity index (χ1n) is 9.32. The van der Waals surface area contributed by atoms with Gasteiger partial charge in [-0.25, -0.2) is 9.07 Å². The van der Waals surface area contributed by atoms with Crippen molar-refractivity contribution < 1.29 is 9.18 Å². The van der Waals surface area contributed by atoms with Crippen molar-refractivity contribution >= 4 is 5.91 Å². The molecule has 1 saturated heterocycles. The van der Waals surface area contributed by atoms with E-state index in [0.29, 0.717) is 16.8 Å². The molecule has 0 aliphatic carbocycles. The molecule has 0 spiro atoms. The Morgan fingerprint density at radius 1 is 1.41 bits per heavy atom. The molecule has 144 valence electrons. The number of amides is 1. The van der Waals surface area contributed by atoms with Crippen molar-refractivity contribution in [3.8, 4) is 11.1 Å². The van der Waals surface area contributed by atoms with Crippen molar-refractivity contribution in [2.45, 2.75) is 45.2 Å². The van der Waals surface area contributed by atoms with Crippen molar-refractivity contribution in [1.82, 2.24) is 20.4 Å². The summed E-state index contributed by atoms with van der Waals surface area (Å²) in [4.78, 5) is 24.8. The zero-order valence-electron chi connectivity index (χ0n) is 15.7. The quantitative estimate of drug-likeness (QED) is 0.842.